The molecular formula is C10H20N2O4S. The Morgan fingerprint density at radius 2 is 1.94 bits per heavy atom. The van der Waals surface area contributed by atoms with Crippen molar-refractivity contribution in [3.8, 4) is 0 Å². The van der Waals surface area contributed by atoms with Crippen molar-refractivity contribution in [2.45, 2.75) is 19.9 Å². The summed E-state index contributed by atoms with van der Waals surface area (Å²) < 4.78 is 10.9. The molecule has 0 fully saturated rings. The lowest BCUT2D eigenvalue weighted by Crippen LogP contribution is -2.45. The number of carboxylic acid groups (broad SMARTS) is 1. The van der Waals surface area contributed by atoms with E-state index < -0.39 is 22.7 Å². The average molecular weight is 264 g/mol. The number of urea groups is 1. The molecule has 0 aliphatic rings. The zero-order chi connectivity index (χ0) is 13.6. The number of carbonyl (C=O) groups is 2. The van der Waals surface area contributed by atoms with E-state index in [1.54, 1.807) is 13.2 Å². The van der Waals surface area contributed by atoms with Gasteiger partial charge in [-0.3, -0.25) is 9.00 Å². The van der Waals surface area contributed by atoms with Crippen molar-refractivity contribution in [3.05, 3.63) is 0 Å². The minimum Gasteiger partial charge on any atom is -0.481 e. The fourth-order valence-electron chi connectivity index (χ4n) is 1.29. The van der Waals surface area contributed by atoms with Crippen LogP contribution in [-0.4, -0.2) is 57.9 Å². The molecule has 0 aromatic rings. The van der Waals surface area contributed by atoms with Crippen molar-refractivity contribution in [1.82, 2.24) is 10.2 Å². The van der Waals surface area contributed by atoms with E-state index in [1.165, 1.54) is 18.9 Å². The molecule has 2 N–H and O–H groups in total. The predicted octanol–water partition coefficient (Wildman–Crippen LogP) is 0.116. The van der Waals surface area contributed by atoms with Gasteiger partial charge in [-0.15, -0.1) is 0 Å². The summed E-state index contributed by atoms with van der Waals surface area (Å²) in [6.45, 7) is 3.44. The van der Waals surface area contributed by atoms with Gasteiger partial charge in [0.1, 0.15) is 0 Å². The number of aliphatic carboxylic acids is 1. The zero-order valence-electron chi connectivity index (χ0n) is 10.6. The first-order valence-electron chi connectivity index (χ1n) is 5.28. The molecule has 2 amide bonds. The van der Waals surface area contributed by atoms with Crippen LogP contribution in [0.5, 0.6) is 0 Å². The summed E-state index contributed by atoms with van der Waals surface area (Å²) in [5.74, 6) is -1.16. The van der Waals surface area contributed by atoms with Gasteiger partial charge in [0.05, 0.1) is 5.92 Å². The van der Waals surface area contributed by atoms with E-state index in [0.717, 1.165) is 0 Å². The third-order valence-electron chi connectivity index (χ3n) is 2.17. The molecule has 0 rings (SSSR count). The van der Waals surface area contributed by atoms with Gasteiger partial charge in [0, 0.05) is 42.4 Å². The number of amides is 2. The number of rotatable bonds is 6. The average Bonchev–Trinajstić information content (AvgIpc) is 2.15. The second-order valence-electron chi connectivity index (χ2n) is 4.21. The highest BCUT2D eigenvalue weighted by atomic mass is 32.2. The molecule has 0 heterocycles. The molecule has 0 aromatic heterocycles. The van der Waals surface area contributed by atoms with E-state index in [4.69, 9.17) is 5.11 Å². The van der Waals surface area contributed by atoms with Crippen LogP contribution < -0.4 is 5.32 Å². The van der Waals surface area contributed by atoms with Crippen LogP contribution in [0.15, 0.2) is 0 Å². The van der Waals surface area contributed by atoms with E-state index in [0.29, 0.717) is 5.75 Å². The van der Waals surface area contributed by atoms with Gasteiger partial charge in [-0.1, -0.05) is 6.92 Å². The zero-order valence-corrected chi connectivity index (χ0v) is 11.4. The monoisotopic (exact) mass is 264 g/mol. The molecule has 0 aliphatic heterocycles. The van der Waals surface area contributed by atoms with E-state index in [-0.39, 0.29) is 18.6 Å². The highest BCUT2D eigenvalue weighted by Crippen LogP contribution is 1.99. The molecule has 3 unspecified atom stereocenters. The minimum absolute atomic E-state index is 0.142. The van der Waals surface area contributed by atoms with Gasteiger partial charge in [-0.25, -0.2) is 4.79 Å². The van der Waals surface area contributed by atoms with Crippen LogP contribution in [0, 0.1) is 5.92 Å². The Hall–Kier alpha value is -1.11. The molecule has 7 heteroatoms. The first kappa shape index (κ1) is 15.9. The largest absolute Gasteiger partial charge is 0.481 e. The molecule has 0 aliphatic carbocycles. The Balaban J connectivity index is 4.13. The molecular weight excluding hydrogens is 244 g/mol. The summed E-state index contributed by atoms with van der Waals surface area (Å²) in [7, 11) is 0.561. The molecule has 100 valence electrons. The molecule has 0 bridgehead atoms. The van der Waals surface area contributed by atoms with Crippen LogP contribution in [0.3, 0.4) is 0 Å². The van der Waals surface area contributed by atoms with Crippen molar-refractivity contribution < 1.29 is 18.9 Å². The number of nitrogens with one attached hydrogen (secondary N) is 1. The SMILES string of the molecule is CC(CS(C)=O)NC(=O)N(C)CC(C)C(=O)O. The Labute approximate surface area is 104 Å². The number of carboxylic acids is 1. The molecule has 0 spiro atoms. The first-order valence-corrected chi connectivity index (χ1v) is 7.01. The quantitative estimate of drug-likeness (QED) is 0.713. The van der Waals surface area contributed by atoms with Crippen LogP contribution in [0.25, 0.3) is 0 Å². The Bertz CT molecular complexity index is 309. The van der Waals surface area contributed by atoms with Crippen LogP contribution in [-0.2, 0) is 15.6 Å². The van der Waals surface area contributed by atoms with Crippen LogP contribution in [0.2, 0.25) is 0 Å². The third-order valence-corrected chi connectivity index (χ3v) is 3.14. The van der Waals surface area contributed by atoms with E-state index in [2.05, 4.69) is 5.32 Å². The fourth-order valence-corrected chi connectivity index (χ4v) is 2.07. The summed E-state index contributed by atoms with van der Waals surface area (Å²) in [4.78, 5) is 23.6. The van der Waals surface area contributed by atoms with Gasteiger partial charge in [0.2, 0.25) is 0 Å². The maximum atomic E-state index is 11.6. The first-order chi connectivity index (χ1) is 7.73. The second kappa shape index (κ2) is 7.26. The van der Waals surface area contributed by atoms with E-state index >= 15 is 0 Å². The summed E-state index contributed by atoms with van der Waals surface area (Å²) in [5, 5.41) is 11.4. The summed E-state index contributed by atoms with van der Waals surface area (Å²) in [6.07, 6.45) is 1.57. The number of hydrogen-bond donors (Lipinski definition) is 2. The van der Waals surface area contributed by atoms with Crippen molar-refractivity contribution in [2.24, 2.45) is 5.92 Å². The Morgan fingerprint density at radius 3 is 2.35 bits per heavy atom. The number of carbonyl (C=O) groups excluding carboxylic acids is 1. The number of nitrogens with zero attached hydrogens (tertiary/aromatic N) is 1. The van der Waals surface area contributed by atoms with Crippen molar-refractivity contribution in [1.29, 1.82) is 0 Å². The van der Waals surface area contributed by atoms with Crippen molar-refractivity contribution in [3.63, 3.8) is 0 Å². The van der Waals surface area contributed by atoms with Gasteiger partial charge in [-0.05, 0) is 6.92 Å². The smallest absolute Gasteiger partial charge is 0.317 e. The molecule has 0 aromatic carbocycles. The van der Waals surface area contributed by atoms with Gasteiger partial charge in [0.25, 0.3) is 0 Å². The van der Waals surface area contributed by atoms with Crippen molar-refractivity contribution in [2.75, 3.05) is 25.6 Å². The van der Waals surface area contributed by atoms with Gasteiger partial charge >= 0.3 is 12.0 Å². The lowest BCUT2D eigenvalue weighted by molar-refractivity contribution is -0.141. The molecule has 0 saturated heterocycles. The molecule has 0 saturated carbocycles. The fraction of sp³-hybridized carbons (Fsp3) is 0.800. The maximum absolute atomic E-state index is 11.6. The minimum atomic E-state index is -0.971. The Morgan fingerprint density at radius 1 is 1.41 bits per heavy atom. The Kier molecular flexibility index (Phi) is 6.79. The topological polar surface area (TPSA) is 86.7 Å². The third kappa shape index (κ3) is 6.93. The molecule has 6 nitrogen and oxygen atoms in total. The van der Waals surface area contributed by atoms with Gasteiger partial charge in [0.15, 0.2) is 0 Å². The van der Waals surface area contributed by atoms with Crippen LogP contribution in [0.4, 0.5) is 4.79 Å². The summed E-state index contributed by atoms with van der Waals surface area (Å²) >= 11 is 0. The van der Waals surface area contributed by atoms with Crippen LogP contribution in [0.1, 0.15) is 13.8 Å². The molecule has 17 heavy (non-hydrogen) atoms. The second-order valence-corrected chi connectivity index (χ2v) is 5.69. The van der Waals surface area contributed by atoms with Gasteiger partial charge in [-0.2, -0.15) is 0 Å². The standard InChI is InChI=1S/C10H20N2O4S/c1-7(9(13)14)5-12(3)10(15)11-8(2)6-17(4)16/h7-8H,5-6H2,1-4H3,(H,11,15)(H,13,14). The van der Waals surface area contributed by atoms with E-state index in [9.17, 15) is 13.8 Å². The lowest BCUT2D eigenvalue weighted by Gasteiger charge is -2.22. The lowest BCUT2D eigenvalue weighted by atomic mass is 10.2. The normalized spacial score (nSPS) is 15.8. The molecule has 3 atom stereocenters. The van der Waals surface area contributed by atoms with Crippen molar-refractivity contribution >= 4 is 22.8 Å². The number of hydrogen-bond acceptors (Lipinski definition) is 3. The highest BCUT2D eigenvalue weighted by molar-refractivity contribution is 7.84. The maximum Gasteiger partial charge on any atom is 0.317 e. The molecule has 0 radical (unpaired) electrons. The highest BCUT2D eigenvalue weighted by Gasteiger charge is 2.18. The summed E-state index contributed by atoms with van der Waals surface area (Å²) in [5.41, 5.74) is 0. The predicted molar refractivity (Wildman–Crippen MR) is 66.4 cm³/mol. The van der Waals surface area contributed by atoms with E-state index in [1.807, 2.05) is 0 Å². The summed E-state index contributed by atoms with van der Waals surface area (Å²) in [6, 6.07) is -0.549. The van der Waals surface area contributed by atoms with Crippen LogP contribution >= 0.6 is 0 Å². The van der Waals surface area contributed by atoms with Gasteiger partial charge < -0.3 is 15.3 Å².